The number of hydrogen-bond donors (Lipinski definition) is 1. The topological polar surface area (TPSA) is 47.6 Å². The number of nitrogens with zero attached hydrogens (tertiary/aromatic N) is 1. The van der Waals surface area contributed by atoms with Crippen LogP contribution < -0.4 is 10.5 Å². The Morgan fingerprint density at radius 1 is 1.27 bits per heavy atom. The molecule has 22 heavy (non-hydrogen) atoms. The maximum atomic E-state index is 13.7. The molecular weight excluding hydrogens is 303 g/mol. The first-order valence-electron chi connectivity index (χ1n) is 7.13. The molecule has 0 saturated carbocycles. The van der Waals surface area contributed by atoms with Gasteiger partial charge in [0.1, 0.15) is 11.6 Å². The average Bonchev–Trinajstić information content (AvgIpc) is 2.52. The molecule has 0 spiro atoms. The van der Waals surface area contributed by atoms with Gasteiger partial charge in [0.2, 0.25) is 0 Å². The monoisotopic (exact) mass is 318 g/mol. The smallest absolute Gasteiger partial charge is 0.142 e. The summed E-state index contributed by atoms with van der Waals surface area (Å²) >= 11 is 5.73. The summed E-state index contributed by atoms with van der Waals surface area (Å²) < 4.78 is 19.4. The van der Waals surface area contributed by atoms with Crippen LogP contribution in [0.5, 0.6) is 5.75 Å². The highest BCUT2D eigenvalue weighted by molar-refractivity contribution is 6.30. The fourth-order valence-corrected chi connectivity index (χ4v) is 2.65. The van der Waals surface area contributed by atoms with Gasteiger partial charge in [-0.25, -0.2) is 4.39 Å². The largest absolute Gasteiger partial charge is 0.491 e. The molecule has 0 aromatic heterocycles. The zero-order valence-corrected chi connectivity index (χ0v) is 12.7. The van der Waals surface area contributed by atoms with Gasteiger partial charge >= 0.3 is 0 Å². The van der Waals surface area contributed by atoms with Crippen LogP contribution in [0.1, 0.15) is 16.7 Å². The minimum absolute atomic E-state index is 0.318. The molecule has 3 nitrogen and oxygen atoms in total. The van der Waals surface area contributed by atoms with E-state index in [2.05, 4.69) is 4.99 Å². The molecule has 2 N–H and O–H groups in total. The zero-order chi connectivity index (χ0) is 15.5. The Morgan fingerprint density at radius 3 is 2.95 bits per heavy atom. The molecule has 1 aliphatic rings. The van der Waals surface area contributed by atoms with Gasteiger partial charge in [-0.2, -0.15) is 0 Å². The van der Waals surface area contributed by atoms with Gasteiger partial charge in [0.25, 0.3) is 0 Å². The number of ether oxygens (including phenoxy) is 1. The van der Waals surface area contributed by atoms with Crippen LogP contribution in [0.15, 0.2) is 35.3 Å². The molecule has 114 valence electrons. The lowest BCUT2D eigenvalue weighted by atomic mass is 10.0. The molecule has 5 heteroatoms. The highest BCUT2D eigenvalue weighted by atomic mass is 35.5. The van der Waals surface area contributed by atoms with E-state index >= 15 is 0 Å². The predicted octanol–water partition coefficient (Wildman–Crippen LogP) is 3.66. The summed E-state index contributed by atoms with van der Waals surface area (Å²) in [7, 11) is 0. The van der Waals surface area contributed by atoms with Crippen LogP contribution in [-0.2, 0) is 12.8 Å². The zero-order valence-electron chi connectivity index (χ0n) is 12.0. The van der Waals surface area contributed by atoms with Crippen molar-refractivity contribution in [3.63, 3.8) is 0 Å². The summed E-state index contributed by atoms with van der Waals surface area (Å²) in [6.45, 7) is 1.14. The molecule has 0 aliphatic carbocycles. The van der Waals surface area contributed by atoms with Crippen LogP contribution in [0.4, 0.5) is 10.1 Å². The molecule has 0 unspecified atom stereocenters. The molecule has 2 aromatic carbocycles. The standard InChI is InChI=1S/C17H16ClFN2O/c18-13-3-1-12(15(19)9-13)6-8-22-16-4-2-11-5-7-21-10-14(11)17(16)20/h1-4,9-10H,5-8,20H2. The first kappa shape index (κ1) is 14.9. The van der Waals surface area contributed by atoms with Gasteiger partial charge in [-0.1, -0.05) is 23.7 Å². The average molecular weight is 319 g/mol. The minimum Gasteiger partial charge on any atom is -0.491 e. The van der Waals surface area contributed by atoms with Crippen molar-refractivity contribution in [3.05, 3.63) is 57.9 Å². The number of benzene rings is 2. The Hall–Kier alpha value is -2.07. The lowest BCUT2D eigenvalue weighted by Crippen LogP contribution is -2.10. The fraction of sp³-hybridized carbons (Fsp3) is 0.235. The van der Waals surface area contributed by atoms with E-state index in [1.165, 1.54) is 11.6 Å². The van der Waals surface area contributed by atoms with Crippen LogP contribution in [0, 0.1) is 5.82 Å². The van der Waals surface area contributed by atoms with Gasteiger partial charge in [0, 0.05) is 29.8 Å². The predicted molar refractivity (Wildman–Crippen MR) is 87.6 cm³/mol. The Kier molecular flexibility index (Phi) is 4.29. The number of anilines is 1. The molecule has 3 rings (SSSR count). The van der Waals surface area contributed by atoms with E-state index in [0.29, 0.717) is 35.1 Å². The van der Waals surface area contributed by atoms with Crippen LogP contribution in [-0.4, -0.2) is 19.4 Å². The van der Waals surface area contributed by atoms with Crippen LogP contribution >= 0.6 is 11.6 Å². The summed E-state index contributed by atoms with van der Waals surface area (Å²) in [5.74, 6) is 0.295. The highest BCUT2D eigenvalue weighted by Crippen LogP contribution is 2.29. The van der Waals surface area contributed by atoms with Gasteiger partial charge in [0.05, 0.1) is 12.3 Å². The second-order valence-corrected chi connectivity index (χ2v) is 5.61. The third kappa shape index (κ3) is 3.07. The van der Waals surface area contributed by atoms with Gasteiger partial charge < -0.3 is 10.5 Å². The molecule has 0 radical (unpaired) electrons. The first-order chi connectivity index (χ1) is 10.6. The lowest BCUT2D eigenvalue weighted by Gasteiger charge is -2.16. The van der Waals surface area contributed by atoms with Crippen LogP contribution in [0.25, 0.3) is 0 Å². The molecule has 0 fully saturated rings. The van der Waals surface area contributed by atoms with E-state index in [1.54, 1.807) is 18.3 Å². The van der Waals surface area contributed by atoms with E-state index in [9.17, 15) is 4.39 Å². The van der Waals surface area contributed by atoms with Gasteiger partial charge in [-0.15, -0.1) is 0 Å². The second kappa shape index (κ2) is 6.36. The molecule has 2 aromatic rings. The Balaban J connectivity index is 1.68. The summed E-state index contributed by atoms with van der Waals surface area (Å²) in [5, 5.41) is 0.389. The number of halogens is 2. The minimum atomic E-state index is -0.318. The van der Waals surface area contributed by atoms with Crippen molar-refractivity contribution in [2.24, 2.45) is 4.99 Å². The molecular formula is C17H16ClFN2O. The van der Waals surface area contributed by atoms with Gasteiger partial charge in [-0.05, 0) is 35.7 Å². The van der Waals surface area contributed by atoms with Crippen molar-refractivity contribution in [2.45, 2.75) is 12.8 Å². The summed E-state index contributed by atoms with van der Waals surface area (Å²) in [6.07, 6.45) is 3.14. The molecule has 0 bridgehead atoms. The Labute approximate surface area is 133 Å². The number of fused-ring (bicyclic) bond motifs is 1. The van der Waals surface area contributed by atoms with E-state index in [1.807, 2.05) is 12.1 Å². The van der Waals surface area contributed by atoms with Crippen molar-refractivity contribution < 1.29 is 9.13 Å². The van der Waals surface area contributed by atoms with E-state index in [-0.39, 0.29) is 5.82 Å². The molecule has 0 saturated heterocycles. The normalized spacial score (nSPS) is 13.0. The van der Waals surface area contributed by atoms with E-state index in [0.717, 1.165) is 18.5 Å². The fourth-order valence-electron chi connectivity index (χ4n) is 2.49. The number of nitrogen functional groups attached to an aromatic ring is 1. The number of aliphatic imine (C=N–C) groups is 1. The Bertz CT molecular complexity index is 731. The van der Waals surface area contributed by atoms with Crippen molar-refractivity contribution in [2.75, 3.05) is 18.9 Å². The SMILES string of the molecule is Nc1c(OCCc2ccc(Cl)cc2F)ccc2c1C=NCC2. The summed E-state index contributed by atoms with van der Waals surface area (Å²) in [6, 6.07) is 8.52. The molecule has 1 aliphatic heterocycles. The molecule has 1 heterocycles. The van der Waals surface area contributed by atoms with Crippen molar-refractivity contribution in [1.82, 2.24) is 0 Å². The number of hydrogen-bond acceptors (Lipinski definition) is 3. The van der Waals surface area contributed by atoms with E-state index in [4.69, 9.17) is 22.1 Å². The van der Waals surface area contributed by atoms with Crippen molar-refractivity contribution in [1.29, 1.82) is 0 Å². The Morgan fingerprint density at radius 2 is 2.14 bits per heavy atom. The van der Waals surface area contributed by atoms with Crippen LogP contribution in [0.3, 0.4) is 0 Å². The number of rotatable bonds is 4. The first-order valence-corrected chi connectivity index (χ1v) is 7.51. The maximum Gasteiger partial charge on any atom is 0.142 e. The van der Waals surface area contributed by atoms with Crippen molar-refractivity contribution in [3.8, 4) is 5.75 Å². The van der Waals surface area contributed by atoms with Crippen LogP contribution in [0.2, 0.25) is 5.02 Å². The third-order valence-electron chi connectivity index (χ3n) is 3.71. The molecule has 0 atom stereocenters. The quantitative estimate of drug-likeness (QED) is 0.875. The third-order valence-corrected chi connectivity index (χ3v) is 3.95. The summed E-state index contributed by atoms with van der Waals surface area (Å²) in [5.41, 5.74) is 9.41. The van der Waals surface area contributed by atoms with Gasteiger partial charge in [-0.3, -0.25) is 4.99 Å². The van der Waals surface area contributed by atoms with E-state index < -0.39 is 0 Å². The second-order valence-electron chi connectivity index (χ2n) is 5.17. The highest BCUT2D eigenvalue weighted by Gasteiger charge is 2.13. The van der Waals surface area contributed by atoms with Gasteiger partial charge in [0.15, 0.2) is 0 Å². The number of nitrogens with two attached hydrogens (primary N) is 1. The maximum absolute atomic E-state index is 13.7. The molecule has 0 amide bonds. The van der Waals surface area contributed by atoms with Crippen molar-refractivity contribution >= 4 is 23.5 Å². The summed E-state index contributed by atoms with van der Waals surface area (Å²) in [4.78, 5) is 4.25. The lowest BCUT2D eigenvalue weighted by molar-refractivity contribution is 0.321.